The SMILES string of the molecule is CN(CC1CC(O)C1)C(=O)CCCCl. The van der Waals surface area contributed by atoms with Gasteiger partial charge in [-0.2, -0.15) is 0 Å². The smallest absolute Gasteiger partial charge is 0.222 e. The number of carbonyl (C=O) groups excluding carboxylic acids is 1. The molecule has 1 amide bonds. The van der Waals surface area contributed by atoms with Gasteiger partial charge in [0, 0.05) is 25.9 Å². The van der Waals surface area contributed by atoms with Crippen molar-refractivity contribution in [2.24, 2.45) is 5.92 Å². The van der Waals surface area contributed by atoms with E-state index in [-0.39, 0.29) is 12.0 Å². The Morgan fingerprint density at radius 1 is 1.57 bits per heavy atom. The lowest BCUT2D eigenvalue weighted by Crippen LogP contribution is -2.39. The number of amides is 1. The molecule has 1 aliphatic carbocycles. The molecule has 0 saturated heterocycles. The van der Waals surface area contributed by atoms with Crippen LogP contribution in [0.5, 0.6) is 0 Å². The van der Waals surface area contributed by atoms with E-state index in [0.29, 0.717) is 18.2 Å². The molecule has 1 aliphatic rings. The van der Waals surface area contributed by atoms with Crippen LogP contribution in [0.25, 0.3) is 0 Å². The van der Waals surface area contributed by atoms with Gasteiger partial charge in [0.05, 0.1) is 6.10 Å². The lowest BCUT2D eigenvalue weighted by molar-refractivity contribution is -0.131. The minimum absolute atomic E-state index is 0.133. The number of aliphatic hydroxyl groups is 1. The molecule has 1 rings (SSSR count). The number of rotatable bonds is 5. The van der Waals surface area contributed by atoms with Crippen molar-refractivity contribution in [3.8, 4) is 0 Å². The third kappa shape index (κ3) is 3.46. The summed E-state index contributed by atoms with van der Waals surface area (Å²) in [7, 11) is 1.82. The third-order valence-corrected chi connectivity index (χ3v) is 2.96. The van der Waals surface area contributed by atoms with Crippen molar-refractivity contribution in [1.82, 2.24) is 4.90 Å². The molecule has 0 spiro atoms. The first kappa shape index (κ1) is 11.8. The van der Waals surface area contributed by atoms with Crippen molar-refractivity contribution in [2.75, 3.05) is 19.5 Å². The molecule has 1 N–H and O–H groups in total. The molecule has 0 atom stereocenters. The Morgan fingerprint density at radius 2 is 2.21 bits per heavy atom. The van der Waals surface area contributed by atoms with Crippen LogP contribution in [0, 0.1) is 5.92 Å². The summed E-state index contributed by atoms with van der Waals surface area (Å²) in [6.07, 6.45) is 2.83. The molecule has 0 heterocycles. The summed E-state index contributed by atoms with van der Waals surface area (Å²) >= 11 is 5.51. The van der Waals surface area contributed by atoms with Crippen LogP contribution < -0.4 is 0 Å². The number of nitrogens with zero attached hydrogens (tertiary/aromatic N) is 1. The first-order chi connectivity index (χ1) is 6.63. The van der Waals surface area contributed by atoms with Gasteiger partial charge in [-0.3, -0.25) is 4.79 Å². The van der Waals surface area contributed by atoms with Crippen LogP contribution in [-0.4, -0.2) is 41.5 Å². The molecule has 3 nitrogen and oxygen atoms in total. The van der Waals surface area contributed by atoms with Crippen LogP contribution in [0.4, 0.5) is 0 Å². The van der Waals surface area contributed by atoms with Gasteiger partial charge in [0.1, 0.15) is 0 Å². The van der Waals surface area contributed by atoms with E-state index in [9.17, 15) is 4.79 Å². The van der Waals surface area contributed by atoms with E-state index in [1.807, 2.05) is 7.05 Å². The van der Waals surface area contributed by atoms with Gasteiger partial charge in [-0.15, -0.1) is 11.6 Å². The minimum Gasteiger partial charge on any atom is -0.393 e. The zero-order chi connectivity index (χ0) is 10.6. The third-order valence-electron chi connectivity index (χ3n) is 2.69. The van der Waals surface area contributed by atoms with Crippen molar-refractivity contribution in [2.45, 2.75) is 31.8 Å². The van der Waals surface area contributed by atoms with Crippen molar-refractivity contribution in [3.63, 3.8) is 0 Å². The van der Waals surface area contributed by atoms with Crippen LogP contribution in [0.1, 0.15) is 25.7 Å². The summed E-state index contributed by atoms with van der Waals surface area (Å²) in [4.78, 5) is 13.2. The van der Waals surface area contributed by atoms with Gasteiger partial charge in [0.2, 0.25) is 5.91 Å². The lowest BCUT2D eigenvalue weighted by Gasteiger charge is -2.34. The zero-order valence-corrected chi connectivity index (χ0v) is 9.33. The van der Waals surface area contributed by atoms with Gasteiger partial charge in [-0.1, -0.05) is 0 Å². The number of carbonyl (C=O) groups is 1. The maximum absolute atomic E-state index is 11.5. The van der Waals surface area contributed by atoms with Gasteiger partial charge in [0.25, 0.3) is 0 Å². The Bertz CT molecular complexity index is 193. The summed E-state index contributed by atoms with van der Waals surface area (Å²) in [6, 6.07) is 0. The Balaban J connectivity index is 2.14. The summed E-state index contributed by atoms with van der Waals surface area (Å²) in [5.74, 6) is 1.20. The molecular weight excluding hydrogens is 202 g/mol. The van der Waals surface area contributed by atoms with Crippen LogP contribution in [0.2, 0.25) is 0 Å². The first-order valence-corrected chi connectivity index (χ1v) is 5.65. The average Bonchev–Trinajstić information content (AvgIpc) is 2.11. The molecule has 0 aromatic carbocycles. The molecule has 14 heavy (non-hydrogen) atoms. The van der Waals surface area contributed by atoms with Gasteiger partial charge < -0.3 is 10.0 Å². The second-order valence-corrected chi connectivity index (χ2v) is 4.44. The van der Waals surface area contributed by atoms with Crippen LogP contribution in [-0.2, 0) is 4.79 Å². The Morgan fingerprint density at radius 3 is 2.71 bits per heavy atom. The molecule has 1 fully saturated rings. The van der Waals surface area contributed by atoms with E-state index in [1.165, 1.54) is 0 Å². The zero-order valence-electron chi connectivity index (χ0n) is 8.58. The minimum atomic E-state index is -0.133. The monoisotopic (exact) mass is 219 g/mol. The lowest BCUT2D eigenvalue weighted by atomic mass is 9.82. The molecule has 0 bridgehead atoms. The summed E-state index contributed by atoms with van der Waals surface area (Å²) < 4.78 is 0. The molecule has 1 saturated carbocycles. The van der Waals surface area contributed by atoms with Crippen LogP contribution in [0.15, 0.2) is 0 Å². The number of hydrogen-bond donors (Lipinski definition) is 1. The van der Waals surface area contributed by atoms with Gasteiger partial charge >= 0.3 is 0 Å². The number of aliphatic hydroxyl groups excluding tert-OH is 1. The fourth-order valence-corrected chi connectivity index (χ4v) is 1.88. The van der Waals surface area contributed by atoms with Crippen LogP contribution in [0.3, 0.4) is 0 Å². The number of hydrogen-bond acceptors (Lipinski definition) is 2. The van der Waals surface area contributed by atoms with E-state index in [4.69, 9.17) is 16.7 Å². The van der Waals surface area contributed by atoms with Crippen molar-refractivity contribution in [1.29, 1.82) is 0 Å². The summed E-state index contributed by atoms with van der Waals surface area (Å²) in [5.41, 5.74) is 0. The maximum atomic E-state index is 11.5. The van der Waals surface area contributed by atoms with E-state index in [1.54, 1.807) is 4.90 Å². The highest BCUT2D eigenvalue weighted by Crippen LogP contribution is 2.27. The topological polar surface area (TPSA) is 40.5 Å². The average molecular weight is 220 g/mol. The number of halogens is 1. The second-order valence-electron chi connectivity index (χ2n) is 4.06. The molecule has 0 radical (unpaired) electrons. The van der Waals surface area contributed by atoms with E-state index < -0.39 is 0 Å². The van der Waals surface area contributed by atoms with E-state index in [0.717, 1.165) is 25.8 Å². The standard InChI is InChI=1S/C10H18ClNO2/c1-12(10(14)3-2-4-11)7-8-5-9(13)6-8/h8-9,13H,2-7H2,1H3. The Hall–Kier alpha value is -0.280. The normalized spacial score (nSPS) is 25.6. The second kappa shape index (κ2) is 5.56. The summed E-state index contributed by atoms with van der Waals surface area (Å²) in [5, 5.41) is 9.09. The van der Waals surface area contributed by atoms with Crippen LogP contribution >= 0.6 is 11.6 Å². The highest BCUT2D eigenvalue weighted by Gasteiger charge is 2.28. The molecule has 4 heteroatoms. The molecular formula is C10H18ClNO2. The van der Waals surface area contributed by atoms with Crippen molar-refractivity contribution >= 4 is 17.5 Å². The van der Waals surface area contributed by atoms with Crippen molar-refractivity contribution in [3.05, 3.63) is 0 Å². The van der Waals surface area contributed by atoms with Gasteiger partial charge in [-0.05, 0) is 25.2 Å². The molecule has 0 aliphatic heterocycles. The number of alkyl halides is 1. The van der Waals surface area contributed by atoms with Gasteiger partial charge in [0.15, 0.2) is 0 Å². The van der Waals surface area contributed by atoms with Gasteiger partial charge in [-0.25, -0.2) is 0 Å². The molecule has 0 aromatic heterocycles. The largest absolute Gasteiger partial charge is 0.393 e. The van der Waals surface area contributed by atoms with E-state index >= 15 is 0 Å². The predicted molar refractivity (Wildman–Crippen MR) is 56.3 cm³/mol. The highest BCUT2D eigenvalue weighted by atomic mass is 35.5. The fourth-order valence-electron chi connectivity index (χ4n) is 1.75. The molecule has 0 aromatic rings. The predicted octanol–water partition coefficient (Wildman–Crippen LogP) is 1.23. The van der Waals surface area contributed by atoms with Crippen molar-refractivity contribution < 1.29 is 9.90 Å². The molecule has 0 unspecified atom stereocenters. The maximum Gasteiger partial charge on any atom is 0.222 e. The quantitative estimate of drug-likeness (QED) is 0.707. The Labute approximate surface area is 90.0 Å². The van der Waals surface area contributed by atoms with E-state index in [2.05, 4.69) is 0 Å². The first-order valence-electron chi connectivity index (χ1n) is 5.11. The highest BCUT2D eigenvalue weighted by molar-refractivity contribution is 6.17. The fraction of sp³-hybridized carbons (Fsp3) is 0.900. The summed E-state index contributed by atoms with van der Waals surface area (Å²) in [6.45, 7) is 0.776. The Kier molecular flexibility index (Phi) is 4.69. The molecule has 82 valence electrons.